The summed E-state index contributed by atoms with van der Waals surface area (Å²) >= 11 is 0. The second-order valence-corrected chi connectivity index (χ2v) is 6.68. The maximum absolute atomic E-state index is 12.9. The van der Waals surface area contributed by atoms with Crippen molar-refractivity contribution in [2.75, 3.05) is 7.05 Å². The van der Waals surface area contributed by atoms with Crippen molar-refractivity contribution >= 4 is 11.7 Å². The van der Waals surface area contributed by atoms with Crippen LogP contribution in [0.5, 0.6) is 0 Å². The molecule has 0 N–H and O–H groups in total. The molecule has 0 bridgehead atoms. The maximum Gasteiger partial charge on any atom is 0.453 e. The predicted molar refractivity (Wildman–Crippen MR) is 93.3 cm³/mol. The van der Waals surface area contributed by atoms with Crippen LogP contribution in [0.15, 0.2) is 12.4 Å². The molecule has 0 aliphatic heterocycles. The van der Waals surface area contributed by atoms with Gasteiger partial charge in [-0.1, -0.05) is 0 Å². The summed E-state index contributed by atoms with van der Waals surface area (Å²) in [6, 6.07) is 0. The largest absolute Gasteiger partial charge is 0.453 e. The van der Waals surface area contributed by atoms with E-state index in [0.717, 1.165) is 10.1 Å². The molecule has 0 unspecified atom stereocenters. The number of carbonyl (C=O) groups is 1. The quantitative estimate of drug-likeness (QED) is 0.661. The molecule has 150 valence electrons. The molecule has 0 aliphatic carbocycles. The molecule has 0 aliphatic rings. The number of nitrogens with zero attached hydrogens (tertiary/aromatic N) is 7. The van der Waals surface area contributed by atoms with Gasteiger partial charge >= 0.3 is 6.18 Å². The van der Waals surface area contributed by atoms with Crippen molar-refractivity contribution in [3.05, 3.63) is 40.7 Å². The molecule has 11 heteroatoms. The van der Waals surface area contributed by atoms with Gasteiger partial charge in [0.1, 0.15) is 0 Å². The highest BCUT2D eigenvalue weighted by atomic mass is 19.4. The number of hydrogen-bond acceptors (Lipinski definition) is 5. The minimum atomic E-state index is -4.64. The molecule has 0 aromatic carbocycles. The first kappa shape index (κ1) is 19.8. The molecule has 3 aromatic rings. The van der Waals surface area contributed by atoms with Gasteiger partial charge in [-0.05, 0) is 25.8 Å². The van der Waals surface area contributed by atoms with Crippen LogP contribution in [0.3, 0.4) is 0 Å². The Balaban J connectivity index is 1.75. The van der Waals surface area contributed by atoms with Gasteiger partial charge in [0.05, 0.1) is 6.20 Å². The van der Waals surface area contributed by atoms with Gasteiger partial charge in [0.15, 0.2) is 0 Å². The Kier molecular flexibility index (Phi) is 5.09. The molecule has 0 fully saturated rings. The molecule has 3 rings (SSSR count). The van der Waals surface area contributed by atoms with Crippen LogP contribution < -0.4 is 0 Å². The molecular weight excluding hydrogens is 375 g/mol. The zero-order valence-electron chi connectivity index (χ0n) is 15.9. The van der Waals surface area contributed by atoms with Crippen LogP contribution in [-0.2, 0) is 31.0 Å². The molecule has 0 saturated carbocycles. The Morgan fingerprint density at radius 2 is 1.96 bits per heavy atom. The first-order chi connectivity index (χ1) is 13.1. The van der Waals surface area contributed by atoms with Gasteiger partial charge in [-0.15, -0.1) is 5.10 Å². The molecule has 0 saturated heterocycles. The van der Waals surface area contributed by atoms with E-state index in [0.29, 0.717) is 29.9 Å². The second-order valence-electron chi connectivity index (χ2n) is 6.68. The highest BCUT2D eigenvalue weighted by molar-refractivity contribution is 5.76. The lowest BCUT2D eigenvalue weighted by molar-refractivity contribution is -0.144. The van der Waals surface area contributed by atoms with Gasteiger partial charge in [-0.3, -0.25) is 9.48 Å². The van der Waals surface area contributed by atoms with E-state index in [2.05, 4.69) is 20.2 Å². The topological polar surface area (TPSA) is 81.2 Å². The highest BCUT2D eigenvalue weighted by Crippen LogP contribution is 2.27. The van der Waals surface area contributed by atoms with Gasteiger partial charge < -0.3 is 4.90 Å². The van der Waals surface area contributed by atoms with Crippen LogP contribution >= 0.6 is 0 Å². The summed E-state index contributed by atoms with van der Waals surface area (Å²) in [5.74, 6) is -1.42. The lowest BCUT2D eigenvalue weighted by Gasteiger charge is -2.17. The fraction of sp³-hybridized carbons (Fsp3) is 0.471. The third-order valence-corrected chi connectivity index (χ3v) is 4.50. The van der Waals surface area contributed by atoms with E-state index in [1.165, 1.54) is 0 Å². The van der Waals surface area contributed by atoms with Gasteiger partial charge in [0, 0.05) is 50.2 Å². The van der Waals surface area contributed by atoms with Crippen LogP contribution in [0.25, 0.3) is 5.78 Å². The third kappa shape index (κ3) is 3.97. The Morgan fingerprint density at radius 3 is 2.57 bits per heavy atom. The summed E-state index contributed by atoms with van der Waals surface area (Å²) in [5, 5.41) is 7.59. The van der Waals surface area contributed by atoms with Crippen molar-refractivity contribution in [2.45, 2.75) is 39.4 Å². The zero-order valence-corrected chi connectivity index (χ0v) is 15.9. The number of carbonyl (C=O) groups excluding carboxylic acids is 1. The van der Waals surface area contributed by atoms with Gasteiger partial charge in [0.25, 0.3) is 11.6 Å². The first-order valence-corrected chi connectivity index (χ1v) is 8.57. The van der Waals surface area contributed by atoms with Gasteiger partial charge in [-0.25, -0.2) is 9.50 Å². The van der Waals surface area contributed by atoms with Gasteiger partial charge in [-0.2, -0.15) is 23.3 Å². The summed E-state index contributed by atoms with van der Waals surface area (Å²) in [4.78, 5) is 21.6. The number of fused-ring (bicyclic) bond motifs is 1. The van der Waals surface area contributed by atoms with Crippen molar-refractivity contribution in [3.63, 3.8) is 0 Å². The van der Waals surface area contributed by atoms with Crippen LogP contribution in [0.4, 0.5) is 13.2 Å². The molecule has 0 atom stereocenters. The summed E-state index contributed by atoms with van der Waals surface area (Å²) in [6.07, 6.45) is -0.568. The van der Waals surface area contributed by atoms with Crippen LogP contribution in [-0.4, -0.2) is 47.2 Å². The smallest absolute Gasteiger partial charge is 0.341 e. The van der Waals surface area contributed by atoms with E-state index in [-0.39, 0.29) is 18.1 Å². The highest BCUT2D eigenvalue weighted by Gasteiger charge is 2.37. The Morgan fingerprint density at radius 1 is 1.25 bits per heavy atom. The Labute approximate surface area is 159 Å². The number of aryl methyl sites for hydroxylation is 3. The van der Waals surface area contributed by atoms with Crippen molar-refractivity contribution in [3.8, 4) is 0 Å². The van der Waals surface area contributed by atoms with Gasteiger partial charge in [0.2, 0.25) is 5.91 Å². The van der Waals surface area contributed by atoms with Crippen LogP contribution in [0.1, 0.15) is 34.8 Å². The molecule has 0 spiro atoms. The number of rotatable bonds is 5. The average molecular weight is 395 g/mol. The molecular formula is C17H20F3N7O. The standard InChI is InChI=1S/C17H20F3N7O/c1-10-13(5-6-14(28)25(3)8-12-7-21-26(4)9-12)11(2)27-16(22-10)23-15(24-27)17(18,19)20/h7,9H,5-6,8H2,1-4H3. The molecule has 28 heavy (non-hydrogen) atoms. The lowest BCUT2D eigenvalue weighted by atomic mass is 10.1. The van der Waals surface area contributed by atoms with E-state index < -0.39 is 12.0 Å². The summed E-state index contributed by atoms with van der Waals surface area (Å²) in [6.45, 7) is 3.77. The van der Waals surface area contributed by atoms with E-state index in [4.69, 9.17) is 0 Å². The number of alkyl halides is 3. The SMILES string of the molecule is Cc1nc2nc(C(F)(F)F)nn2c(C)c1CCC(=O)N(C)Cc1cnn(C)c1. The summed E-state index contributed by atoms with van der Waals surface area (Å²) in [7, 11) is 3.50. The Hall–Kier alpha value is -2.98. The van der Waals surface area contributed by atoms with Crippen molar-refractivity contribution in [2.24, 2.45) is 7.05 Å². The monoisotopic (exact) mass is 395 g/mol. The molecule has 1 amide bonds. The normalized spacial score (nSPS) is 12.0. The second kappa shape index (κ2) is 7.21. The minimum Gasteiger partial charge on any atom is -0.341 e. The number of amides is 1. The third-order valence-electron chi connectivity index (χ3n) is 4.50. The van der Waals surface area contributed by atoms with Crippen LogP contribution in [0, 0.1) is 13.8 Å². The summed E-state index contributed by atoms with van der Waals surface area (Å²) < 4.78 is 41.3. The maximum atomic E-state index is 12.9. The fourth-order valence-electron chi connectivity index (χ4n) is 3.03. The summed E-state index contributed by atoms with van der Waals surface area (Å²) in [5.41, 5.74) is 2.63. The van der Waals surface area contributed by atoms with Crippen molar-refractivity contribution < 1.29 is 18.0 Å². The molecule has 3 heterocycles. The van der Waals surface area contributed by atoms with E-state index in [1.807, 2.05) is 6.20 Å². The number of aromatic nitrogens is 6. The average Bonchev–Trinajstić information content (AvgIpc) is 3.20. The first-order valence-electron chi connectivity index (χ1n) is 8.57. The zero-order chi connectivity index (χ0) is 20.6. The van der Waals surface area contributed by atoms with Crippen molar-refractivity contribution in [1.29, 1.82) is 0 Å². The number of hydrogen-bond donors (Lipinski definition) is 0. The molecule has 3 aromatic heterocycles. The van der Waals surface area contributed by atoms with Crippen molar-refractivity contribution in [1.82, 2.24) is 34.3 Å². The van der Waals surface area contributed by atoms with E-state index >= 15 is 0 Å². The minimum absolute atomic E-state index is 0.0858. The van der Waals surface area contributed by atoms with E-state index in [9.17, 15) is 18.0 Å². The molecule has 8 nitrogen and oxygen atoms in total. The predicted octanol–water partition coefficient (Wildman–Crippen LogP) is 2.08. The lowest BCUT2D eigenvalue weighted by Crippen LogP contribution is -2.26. The Bertz CT molecular complexity index is 1020. The number of halogens is 3. The van der Waals surface area contributed by atoms with E-state index in [1.54, 1.807) is 43.7 Å². The fourth-order valence-corrected chi connectivity index (χ4v) is 3.03. The van der Waals surface area contributed by atoms with Crippen LogP contribution in [0.2, 0.25) is 0 Å². The molecule has 0 radical (unpaired) electrons.